The molecule has 0 spiro atoms. The number of rotatable bonds is 8. The lowest BCUT2D eigenvalue weighted by molar-refractivity contribution is -0.107. The number of fused-ring (bicyclic) bond motifs is 1. The van der Waals surface area contributed by atoms with E-state index in [1.54, 1.807) is 25.3 Å². The number of nitrogens with zero attached hydrogens (tertiary/aromatic N) is 4. The number of methoxy groups -OCH3 is 2. The molecule has 8 nitrogen and oxygen atoms in total. The van der Waals surface area contributed by atoms with Gasteiger partial charge < -0.3 is 18.8 Å². The molecule has 2 fully saturated rings. The number of pyridine rings is 2. The predicted octanol–water partition coefficient (Wildman–Crippen LogP) is 2.95. The van der Waals surface area contributed by atoms with Gasteiger partial charge >= 0.3 is 0 Å². The number of ether oxygens (including phenoxy) is 3. The van der Waals surface area contributed by atoms with Crippen LogP contribution in [0.3, 0.4) is 0 Å². The second kappa shape index (κ2) is 8.03. The van der Waals surface area contributed by atoms with E-state index in [-0.39, 0.29) is 6.04 Å². The highest BCUT2D eigenvalue weighted by Crippen LogP contribution is 2.35. The molecule has 0 aromatic carbocycles. The number of carbonyl (C=O) groups excluding carboxylic acids is 1. The van der Waals surface area contributed by atoms with Crippen molar-refractivity contribution in [2.75, 3.05) is 32.3 Å². The third-order valence-electron chi connectivity index (χ3n) is 6.15. The minimum Gasteiger partial charge on any atom is -0.380 e. The van der Waals surface area contributed by atoms with Crippen LogP contribution >= 0.6 is 0 Å². The van der Waals surface area contributed by atoms with Crippen LogP contribution in [0.15, 0.2) is 36.7 Å². The van der Waals surface area contributed by atoms with Gasteiger partial charge in [0.05, 0.1) is 24.4 Å². The minimum absolute atomic E-state index is 0.254. The molecule has 1 saturated heterocycles. The largest absolute Gasteiger partial charge is 0.380 e. The van der Waals surface area contributed by atoms with Gasteiger partial charge in [0.25, 0.3) is 0 Å². The Morgan fingerprint density at radius 3 is 2.87 bits per heavy atom. The van der Waals surface area contributed by atoms with E-state index in [4.69, 9.17) is 19.2 Å². The molecule has 1 aliphatic carbocycles. The van der Waals surface area contributed by atoms with Gasteiger partial charge in [-0.25, -0.2) is 9.97 Å². The van der Waals surface area contributed by atoms with Crippen LogP contribution in [-0.4, -0.2) is 54.4 Å². The third-order valence-corrected chi connectivity index (χ3v) is 6.15. The first-order chi connectivity index (χ1) is 15.2. The second-order valence-electron chi connectivity index (χ2n) is 8.18. The standard InChI is InChI=1S/C23H26N4O4/c1-29-13-16-9-20(23(30-2)6-8-31-14-23)25-22(10-16)26-7-5-17-12-24-21(11-19(17)26)27(15-28)18-3-4-18/h5,7,9-12,15,18H,3-4,6,8,13-14H2,1-2H3. The number of hydrogen-bond donors (Lipinski definition) is 0. The molecule has 162 valence electrons. The zero-order chi connectivity index (χ0) is 21.4. The van der Waals surface area contributed by atoms with Crippen molar-refractivity contribution in [3.8, 4) is 5.82 Å². The van der Waals surface area contributed by atoms with E-state index in [0.29, 0.717) is 25.6 Å². The van der Waals surface area contributed by atoms with Crippen molar-refractivity contribution in [1.82, 2.24) is 14.5 Å². The number of anilines is 1. The van der Waals surface area contributed by atoms with Crippen molar-refractivity contribution in [3.63, 3.8) is 0 Å². The van der Waals surface area contributed by atoms with Crippen LogP contribution < -0.4 is 4.90 Å². The van der Waals surface area contributed by atoms with Crippen LogP contribution in [0.5, 0.6) is 0 Å². The Balaban J connectivity index is 1.62. The average Bonchev–Trinajstić information content (AvgIpc) is 3.34. The summed E-state index contributed by atoms with van der Waals surface area (Å²) in [5.74, 6) is 1.43. The van der Waals surface area contributed by atoms with Crippen molar-refractivity contribution in [2.24, 2.45) is 0 Å². The minimum atomic E-state index is -0.561. The van der Waals surface area contributed by atoms with Crippen LogP contribution in [0, 0.1) is 0 Å². The molecule has 5 rings (SSSR count). The fraction of sp³-hybridized carbons (Fsp3) is 0.435. The van der Waals surface area contributed by atoms with E-state index in [1.165, 1.54) is 0 Å². The van der Waals surface area contributed by atoms with E-state index in [1.807, 2.05) is 35.0 Å². The van der Waals surface area contributed by atoms with Crippen molar-refractivity contribution in [1.29, 1.82) is 0 Å². The highest BCUT2D eigenvalue weighted by atomic mass is 16.5. The molecular formula is C23H26N4O4. The van der Waals surface area contributed by atoms with Crippen molar-refractivity contribution < 1.29 is 19.0 Å². The Kier molecular flexibility index (Phi) is 5.21. The first kappa shape index (κ1) is 20.1. The Morgan fingerprint density at radius 1 is 1.32 bits per heavy atom. The third kappa shape index (κ3) is 3.60. The number of aromatic nitrogens is 3. The molecule has 0 bridgehead atoms. The first-order valence-electron chi connectivity index (χ1n) is 10.5. The van der Waals surface area contributed by atoms with Gasteiger partial charge in [-0.3, -0.25) is 9.69 Å². The smallest absolute Gasteiger partial charge is 0.215 e. The molecule has 2 aliphatic rings. The van der Waals surface area contributed by atoms with Gasteiger partial charge in [-0.15, -0.1) is 0 Å². The van der Waals surface area contributed by atoms with Crippen LogP contribution in [-0.2, 0) is 31.2 Å². The summed E-state index contributed by atoms with van der Waals surface area (Å²) in [6.45, 7) is 1.59. The van der Waals surface area contributed by atoms with Gasteiger partial charge in [-0.1, -0.05) is 0 Å². The Morgan fingerprint density at radius 2 is 2.19 bits per heavy atom. The zero-order valence-electron chi connectivity index (χ0n) is 17.8. The van der Waals surface area contributed by atoms with Gasteiger partial charge in [0.2, 0.25) is 6.41 Å². The quantitative estimate of drug-likeness (QED) is 0.520. The summed E-state index contributed by atoms with van der Waals surface area (Å²) in [6, 6.07) is 8.26. The maximum Gasteiger partial charge on any atom is 0.215 e. The number of amides is 1. The number of carbonyl (C=O) groups is 1. The predicted molar refractivity (Wildman–Crippen MR) is 115 cm³/mol. The molecule has 1 amide bonds. The summed E-state index contributed by atoms with van der Waals surface area (Å²) in [4.78, 5) is 22.8. The molecule has 3 aromatic heterocycles. The lowest BCUT2D eigenvalue weighted by Gasteiger charge is -2.26. The van der Waals surface area contributed by atoms with Gasteiger partial charge in [0.15, 0.2) is 0 Å². The van der Waals surface area contributed by atoms with Crippen LogP contribution in [0.2, 0.25) is 0 Å². The highest BCUT2D eigenvalue weighted by molar-refractivity contribution is 5.86. The summed E-state index contributed by atoms with van der Waals surface area (Å²) in [6.07, 6.45) is 7.45. The lowest BCUT2D eigenvalue weighted by Crippen LogP contribution is -2.30. The molecule has 3 aromatic rings. The topological polar surface area (TPSA) is 78.7 Å². The summed E-state index contributed by atoms with van der Waals surface area (Å²) < 4.78 is 19.0. The van der Waals surface area contributed by atoms with Crippen LogP contribution in [0.1, 0.15) is 30.5 Å². The molecule has 1 saturated carbocycles. The van der Waals surface area contributed by atoms with Gasteiger partial charge in [-0.05, 0) is 36.6 Å². The normalized spacial score (nSPS) is 21.0. The molecular weight excluding hydrogens is 396 g/mol. The summed E-state index contributed by atoms with van der Waals surface area (Å²) in [7, 11) is 3.38. The van der Waals surface area contributed by atoms with Crippen LogP contribution in [0.4, 0.5) is 5.82 Å². The summed E-state index contributed by atoms with van der Waals surface area (Å²) in [5.41, 5.74) is 2.23. The highest BCUT2D eigenvalue weighted by Gasteiger charge is 2.39. The summed E-state index contributed by atoms with van der Waals surface area (Å²) >= 11 is 0. The maximum absolute atomic E-state index is 11.6. The Hall–Kier alpha value is -2.81. The number of hydrogen-bond acceptors (Lipinski definition) is 6. The van der Waals surface area contributed by atoms with Gasteiger partial charge in [0, 0.05) is 57.1 Å². The molecule has 1 atom stereocenters. The SMILES string of the molecule is COCc1cc(-n2ccc3cnc(N(C=O)C4CC4)cc32)nc(C2(OC)CCOC2)c1. The molecule has 1 aliphatic heterocycles. The molecule has 8 heteroatoms. The fourth-order valence-electron chi connectivity index (χ4n) is 4.23. The first-order valence-corrected chi connectivity index (χ1v) is 10.5. The van der Waals surface area contributed by atoms with E-state index >= 15 is 0 Å². The zero-order valence-corrected chi connectivity index (χ0v) is 17.8. The van der Waals surface area contributed by atoms with Crippen molar-refractivity contribution >= 4 is 23.1 Å². The molecule has 0 radical (unpaired) electrons. The van der Waals surface area contributed by atoms with E-state index < -0.39 is 5.60 Å². The molecule has 31 heavy (non-hydrogen) atoms. The average molecular weight is 422 g/mol. The van der Waals surface area contributed by atoms with Gasteiger partial charge in [-0.2, -0.15) is 0 Å². The Labute approximate surface area is 180 Å². The van der Waals surface area contributed by atoms with E-state index in [9.17, 15) is 4.79 Å². The second-order valence-corrected chi connectivity index (χ2v) is 8.18. The van der Waals surface area contributed by atoms with Crippen molar-refractivity contribution in [3.05, 3.63) is 47.9 Å². The molecule has 0 N–H and O–H groups in total. The molecule has 1 unspecified atom stereocenters. The summed E-state index contributed by atoms with van der Waals surface area (Å²) in [5, 5.41) is 0.983. The lowest BCUT2D eigenvalue weighted by atomic mass is 9.96. The van der Waals surface area contributed by atoms with E-state index in [2.05, 4.69) is 4.98 Å². The molecule has 4 heterocycles. The maximum atomic E-state index is 11.6. The fourth-order valence-corrected chi connectivity index (χ4v) is 4.23. The van der Waals surface area contributed by atoms with Crippen molar-refractivity contribution in [2.45, 2.75) is 37.5 Å². The van der Waals surface area contributed by atoms with E-state index in [0.717, 1.165) is 53.7 Å². The Bertz CT molecular complexity index is 1100. The van der Waals surface area contributed by atoms with Gasteiger partial charge in [0.1, 0.15) is 17.2 Å². The van der Waals surface area contributed by atoms with Crippen LogP contribution in [0.25, 0.3) is 16.7 Å². The monoisotopic (exact) mass is 422 g/mol.